The summed E-state index contributed by atoms with van der Waals surface area (Å²) < 4.78 is 11.3. The van der Waals surface area contributed by atoms with Crippen LogP contribution in [-0.2, 0) is 6.42 Å². The first-order chi connectivity index (χ1) is 11.4. The van der Waals surface area contributed by atoms with Crippen molar-refractivity contribution < 1.29 is 9.47 Å². The van der Waals surface area contributed by atoms with Crippen LogP contribution in [0.5, 0.6) is 11.5 Å². The summed E-state index contributed by atoms with van der Waals surface area (Å²) in [7, 11) is 1.67. The first-order valence-corrected chi connectivity index (χ1v) is 8.54. The van der Waals surface area contributed by atoms with Gasteiger partial charge < -0.3 is 15.2 Å². The van der Waals surface area contributed by atoms with E-state index in [0.29, 0.717) is 12.5 Å². The number of hydrogen-bond acceptors (Lipinski definition) is 3. The normalized spacial score (nSPS) is 12.3. The molecule has 0 saturated heterocycles. The summed E-state index contributed by atoms with van der Waals surface area (Å²) in [5.74, 6) is 1.85. The lowest BCUT2D eigenvalue weighted by Crippen LogP contribution is -2.15. The van der Waals surface area contributed by atoms with Gasteiger partial charge in [-0.1, -0.05) is 35.4 Å². The summed E-state index contributed by atoms with van der Waals surface area (Å²) in [6.45, 7) is 8.92. The van der Waals surface area contributed by atoms with Crippen molar-refractivity contribution >= 4 is 0 Å². The molecule has 2 N–H and O–H groups in total. The highest BCUT2D eigenvalue weighted by Crippen LogP contribution is 2.31. The zero-order valence-electron chi connectivity index (χ0n) is 15.4. The Balaban J connectivity index is 2.27. The fourth-order valence-corrected chi connectivity index (χ4v) is 3.06. The van der Waals surface area contributed by atoms with Crippen LogP contribution in [0, 0.1) is 13.8 Å². The van der Waals surface area contributed by atoms with Crippen molar-refractivity contribution in [2.24, 2.45) is 5.73 Å². The minimum Gasteiger partial charge on any atom is -0.493 e. The molecule has 1 unspecified atom stereocenters. The molecule has 0 saturated carbocycles. The highest BCUT2D eigenvalue weighted by atomic mass is 16.5. The maximum atomic E-state index is 6.07. The van der Waals surface area contributed by atoms with E-state index in [1.807, 2.05) is 19.9 Å². The van der Waals surface area contributed by atoms with E-state index in [9.17, 15) is 0 Å². The van der Waals surface area contributed by atoms with E-state index in [1.165, 1.54) is 22.3 Å². The molecule has 2 aromatic rings. The van der Waals surface area contributed by atoms with Gasteiger partial charge in [0.05, 0.1) is 13.2 Å². The smallest absolute Gasteiger partial charge is 0.161 e. The number of hydrogen-bond donors (Lipinski definition) is 1. The second-order valence-corrected chi connectivity index (χ2v) is 6.71. The fraction of sp³-hybridized carbons (Fsp3) is 0.429. The average molecular weight is 327 g/mol. The summed E-state index contributed by atoms with van der Waals surface area (Å²) in [6.07, 6.45) is 0.997. The standard InChI is InChI=1S/C21H29NO2/c1-14(2)24-21-12-17(6-7-20(21)23-5)11-19(13-22)18-9-15(3)8-16(4)10-18/h6-10,12,14,19H,11,13,22H2,1-5H3. The molecule has 130 valence electrons. The van der Waals surface area contributed by atoms with Gasteiger partial charge in [0.2, 0.25) is 0 Å². The molecule has 0 aromatic heterocycles. The average Bonchev–Trinajstić information content (AvgIpc) is 2.51. The van der Waals surface area contributed by atoms with Crippen LogP contribution in [0.1, 0.15) is 42.0 Å². The number of methoxy groups -OCH3 is 1. The largest absolute Gasteiger partial charge is 0.493 e. The van der Waals surface area contributed by atoms with Crippen molar-refractivity contribution in [3.05, 3.63) is 58.7 Å². The molecular weight excluding hydrogens is 298 g/mol. The molecule has 0 aliphatic rings. The number of rotatable bonds is 7. The van der Waals surface area contributed by atoms with E-state index in [2.05, 4.69) is 44.2 Å². The number of aryl methyl sites for hydroxylation is 2. The Morgan fingerprint density at radius 2 is 1.62 bits per heavy atom. The number of benzene rings is 2. The monoisotopic (exact) mass is 327 g/mol. The van der Waals surface area contributed by atoms with E-state index in [-0.39, 0.29) is 6.10 Å². The Kier molecular flexibility index (Phi) is 6.27. The topological polar surface area (TPSA) is 44.5 Å². The van der Waals surface area contributed by atoms with Gasteiger partial charge in [-0.3, -0.25) is 0 Å². The van der Waals surface area contributed by atoms with Crippen molar-refractivity contribution in [2.75, 3.05) is 13.7 Å². The van der Waals surface area contributed by atoms with Gasteiger partial charge >= 0.3 is 0 Å². The molecule has 3 nitrogen and oxygen atoms in total. The summed E-state index contributed by atoms with van der Waals surface area (Å²) in [5.41, 5.74) is 11.1. The van der Waals surface area contributed by atoms with Gasteiger partial charge in [-0.15, -0.1) is 0 Å². The van der Waals surface area contributed by atoms with Gasteiger partial charge in [-0.05, 0) is 63.9 Å². The molecule has 2 aromatic carbocycles. The Hall–Kier alpha value is -2.00. The number of nitrogens with two attached hydrogens (primary N) is 1. The highest BCUT2D eigenvalue weighted by molar-refractivity contribution is 5.44. The fourth-order valence-electron chi connectivity index (χ4n) is 3.06. The summed E-state index contributed by atoms with van der Waals surface area (Å²) >= 11 is 0. The Morgan fingerprint density at radius 1 is 0.958 bits per heavy atom. The van der Waals surface area contributed by atoms with Crippen LogP contribution in [-0.4, -0.2) is 19.8 Å². The molecule has 2 rings (SSSR count). The molecular formula is C21H29NO2. The third-order valence-electron chi connectivity index (χ3n) is 4.07. The van der Waals surface area contributed by atoms with E-state index in [4.69, 9.17) is 15.2 Å². The van der Waals surface area contributed by atoms with Crippen LogP contribution < -0.4 is 15.2 Å². The third-order valence-corrected chi connectivity index (χ3v) is 4.07. The van der Waals surface area contributed by atoms with Gasteiger partial charge in [0, 0.05) is 5.92 Å². The molecule has 0 aliphatic heterocycles. The van der Waals surface area contributed by atoms with Crippen molar-refractivity contribution in [3.63, 3.8) is 0 Å². The zero-order chi connectivity index (χ0) is 17.7. The van der Waals surface area contributed by atoms with Crippen LogP contribution >= 0.6 is 0 Å². The van der Waals surface area contributed by atoms with Gasteiger partial charge in [-0.2, -0.15) is 0 Å². The lowest BCUT2D eigenvalue weighted by molar-refractivity contribution is 0.230. The lowest BCUT2D eigenvalue weighted by Gasteiger charge is -2.19. The molecule has 24 heavy (non-hydrogen) atoms. The summed E-state index contributed by atoms with van der Waals surface area (Å²) in [5, 5.41) is 0. The maximum absolute atomic E-state index is 6.07. The lowest BCUT2D eigenvalue weighted by atomic mass is 9.90. The van der Waals surface area contributed by atoms with E-state index in [0.717, 1.165) is 17.9 Å². The zero-order valence-corrected chi connectivity index (χ0v) is 15.4. The van der Waals surface area contributed by atoms with Crippen LogP contribution in [0.15, 0.2) is 36.4 Å². The van der Waals surface area contributed by atoms with Crippen molar-refractivity contribution in [1.82, 2.24) is 0 Å². The Labute approximate surface area is 145 Å². The predicted octanol–water partition coefficient (Wildman–Crippen LogP) is 4.38. The van der Waals surface area contributed by atoms with Gasteiger partial charge in [0.1, 0.15) is 0 Å². The first-order valence-electron chi connectivity index (χ1n) is 8.54. The summed E-state index contributed by atoms with van der Waals surface area (Å²) in [6, 6.07) is 12.8. The van der Waals surface area contributed by atoms with Crippen LogP contribution in [0.25, 0.3) is 0 Å². The second kappa shape index (κ2) is 8.20. The van der Waals surface area contributed by atoms with Gasteiger partial charge in [0.15, 0.2) is 11.5 Å². The molecule has 0 radical (unpaired) electrons. The minimum absolute atomic E-state index is 0.110. The Morgan fingerprint density at radius 3 is 2.17 bits per heavy atom. The molecule has 0 aliphatic carbocycles. The SMILES string of the molecule is COc1ccc(CC(CN)c2cc(C)cc(C)c2)cc1OC(C)C. The van der Waals surface area contributed by atoms with Crippen molar-refractivity contribution in [1.29, 1.82) is 0 Å². The maximum Gasteiger partial charge on any atom is 0.161 e. The summed E-state index contributed by atoms with van der Waals surface area (Å²) in [4.78, 5) is 0. The second-order valence-electron chi connectivity index (χ2n) is 6.71. The van der Waals surface area contributed by atoms with Crippen LogP contribution in [0.3, 0.4) is 0 Å². The molecule has 0 spiro atoms. The first kappa shape index (κ1) is 18.3. The predicted molar refractivity (Wildman–Crippen MR) is 100 cm³/mol. The van der Waals surface area contributed by atoms with Crippen LogP contribution in [0.4, 0.5) is 0 Å². The van der Waals surface area contributed by atoms with Gasteiger partial charge in [-0.25, -0.2) is 0 Å². The van der Waals surface area contributed by atoms with E-state index in [1.54, 1.807) is 7.11 Å². The Bertz CT molecular complexity index is 659. The molecule has 3 heteroatoms. The molecule has 0 bridgehead atoms. The van der Waals surface area contributed by atoms with E-state index < -0.39 is 0 Å². The minimum atomic E-state index is 0.110. The van der Waals surface area contributed by atoms with Gasteiger partial charge in [0.25, 0.3) is 0 Å². The van der Waals surface area contributed by atoms with E-state index >= 15 is 0 Å². The molecule has 0 fully saturated rings. The van der Waals surface area contributed by atoms with Crippen molar-refractivity contribution in [3.8, 4) is 11.5 Å². The van der Waals surface area contributed by atoms with Crippen molar-refractivity contribution in [2.45, 2.75) is 46.1 Å². The molecule has 1 atom stereocenters. The molecule has 0 amide bonds. The third kappa shape index (κ3) is 4.75. The quantitative estimate of drug-likeness (QED) is 0.820. The molecule has 0 heterocycles. The highest BCUT2D eigenvalue weighted by Gasteiger charge is 2.14. The number of ether oxygens (including phenoxy) is 2. The van der Waals surface area contributed by atoms with Crippen LogP contribution in [0.2, 0.25) is 0 Å².